The summed E-state index contributed by atoms with van der Waals surface area (Å²) in [6.07, 6.45) is 10.0. The molecule has 0 saturated carbocycles. The van der Waals surface area contributed by atoms with E-state index in [1.807, 2.05) is 23.4 Å². The van der Waals surface area contributed by atoms with Gasteiger partial charge in [-0.3, -0.25) is 19.3 Å². The van der Waals surface area contributed by atoms with Gasteiger partial charge in [-0.2, -0.15) is 0 Å². The quantitative estimate of drug-likeness (QED) is 0.363. The maximum absolute atomic E-state index is 13.3. The number of piperidine rings is 2. The van der Waals surface area contributed by atoms with Crippen LogP contribution in [-0.2, 0) is 22.4 Å². The Bertz CT molecular complexity index is 1220. The lowest BCUT2D eigenvalue weighted by Crippen LogP contribution is -2.44. The molecule has 3 heterocycles. The summed E-state index contributed by atoms with van der Waals surface area (Å²) >= 11 is 15.4. The second-order valence-electron chi connectivity index (χ2n) is 10.9. The maximum Gasteiger partial charge on any atom is 0.237 e. The first-order valence-corrected chi connectivity index (χ1v) is 17.0. The van der Waals surface area contributed by atoms with Gasteiger partial charge in [0.1, 0.15) is 0 Å². The van der Waals surface area contributed by atoms with Gasteiger partial charge in [0.15, 0.2) is 0 Å². The molecule has 2 fully saturated rings. The summed E-state index contributed by atoms with van der Waals surface area (Å²) in [7, 11) is 0. The van der Waals surface area contributed by atoms with Crippen molar-refractivity contribution in [2.75, 3.05) is 39.0 Å². The molecule has 1 atom stereocenters. The van der Waals surface area contributed by atoms with Gasteiger partial charge in [0.2, 0.25) is 11.8 Å². The summed E-state index contributed by atoms with van der Waals surface area (Å²) in [4.78, 5) is 34.5. The number of hydrogen-bond acceptors (Lipinski definition) is 5. The highest BCUT2D eigenvalue weighted by molar-refractivity contribution is 9.10. The highest BCUT2D eigenvalue weighted by Crippen LogP contribution is 2.46. The summed E-state index contributed by atoms with van der Waals surface area (Å²) < 4.78 is 5.10. The molecule has 2 amide bonds. The highest BCUT2D eigenvalue weighted by Gasteiger charge is 2.36. The molecule has 1 N–H and O–H groups in total. The molecule has 1 aromatic heterocycles. The molecule has 2 aliphatic heterocycles. The lowest BCUT2D eigenvalue weighted by Gasteiger charge is -2.38. The van der Waals surface area contributed by atoms with Crippen LogP contribution in [0.2, 0.25) is 5.02 Å². The number of rotatable bonds is 6. The molecular formula is C29H35Br2ClN4O2S. The summed E-state index contributed by atoms with van der Waals surface area (Å²) in [6.45, 7) is 3.43. The molecule has 2 saturated heterocycles. The van der Waals surface area contributed by atoms with E-state index in [1.165, 1.54) is 34.3 Å². The maximum atomic E-state index is 13.3. The molecule has 0 spiro atoms. The second kappa shape index (κ2) is 13.2. The van der Waals surface area contributed by atoms with E-state index >= 15 is 0 Å². The number of carbonyl (C=O) groups is 2. The Labute approximate surface area is 257 Å². The van der Waals surface area contributed by atoms with E-state index in [2.05, 4.69) is 53.6 Å². The van der Waals surface area contributed by atoms with Gasteiger partial charge < -0.3 is 9.80 Å². The number of nitrogens with one attached hydrogen (secondary N) is 1. The van der Waals surface area contributed by atoms with Crippen molar-refractivity contribution in [2.45, 2.75) is 50.9 Å². The Morgan fingerprint density at radius 2 is 1.67 bits per heavy atom. The van der Waals surface area contributed by atoms with Crippen molar-refractivity contribution in [3.05, 3.63) is 60.7 Å². The van der Waals surface area contributed by atoms with Crippen LogP contribution in [0.5, 0.6) is 0 Å². The number of carbonyl (C=O) groups excluding carboxylic acids is 2. The number of hydrogen-bond donors (Lipinski definition) is 1. The van der Waals surface area contributed by atoms with Crippen molar-refractivity contribution in [3.63, 3.8) is 0 Å². The molecule has 5 rings (SSSR count). The summed E-state index contributed by atoms with van der Waals surface area (Å²) in [6, 6.07) is 6.34. The van der Waals surface area contributed by atoms with Crippen LogP contribution in [0.25, 0.3) is 0 Å². The SMILES string of the molecule is CSNCC(=O)N1CCC(CC(=O)N2CCC(C3c4ncc(Br)cc4CCc4cc(Cl)cc(Br)c43)CC2)CC1. The zero-order chi connectivity index (χ0) is 27.5. The van der Waals surface area contributed by atoms with Crippen LogP contribution in [0, 0.1) is 11.8 Å². The Balaban J connectivity index is 1.23. The van der Waals surface area contributed by atoms with Crippen LogP contribution in [0.1, 0.15) is 60.4 Å². The minimum absolute atomic E-state index is 0.147. The van der Waals surface area contributed by atoms with Crippen molar-refractivity contribution in [3.8, 4) is 0 Å². The van der Waals surface area contributed by atoms with Gasteiger partial charge >= 0.3 is 0 Å². The van der Waals surface area contributed by atoms with Gasteiger partial charge in [0.05, 0.1) is 12.2 Å². The number of benzene rings is 1. The zero-order valence-electron chi connectivity index (χ0n) is 22.2. The normalized spacial score (nSPS) is 20.4. The largest absolute Gasteiger partial charge is 0.343 e. The van der Waals surface area contributed by atoms with E-state index in [4.69, 9.17) is 16.6 Å². The van der Waals surface area contributed by atoms with E-state index in [9.17, 15) is 9.59 Å². The average Bonchev–Trinajstić information content (AvgIpc) is 3.09. The molecule has 10 heteroatoms. The number of fused-ring (bicyclic) bond motifs is 2. The molecular weight excluding hydrogens is 664 g/mol. The zero-order valence-corrected chi connectivity index (χ0v) is 27.0. The van der Waals surface area contributed by atoms with Gasteiger partial charge in [-0.05, 0) is 107 Å². The predicted molar refractivity (Wildman–Crippen MR) is 165 cm³/mol. The molecule has 6 nitrogen and oxygen atoms in total. The van der Waals surface area contributed by atoms with Crippen LogP contribution in [0.4, 0.5) is 0 Å². The minimum atomic E-state index is 0.147. The highest BCUT2D eigenvalue weighted by atomic mass is 79.9. The first kappa shape index (κ1) is 29.4. The van der Waals surface area contributed by atoms with E-state index in [1.54, 1.807) is 0 Å². The standard InChI is InChI=1S/C29H35Br2ClN4O2S/c1-39-34-17-26(38)36-8-4-18(5-9-36)12-25(37)35-10-6-19(7-11-35)28-27-20(14-23(32)15-24(27)31)2-3-21-13-22(30)16-33-29(21)28/h13-16,18-19,28,34H,2-12,17H2,1H3. The molecule has 0 radical (unpaired) electrons. The fourth-order valence-electron chi connectivity index (χ4n) is 6.52. The van der Waals surface area contributed by atoms with Crippen LogP contribution in [-0.4, -0.2) is 65.6 Å². The van der Waals surface area contributed by atoms with Crippen LogP contribution in [0.3, 0.4) is 0 Å². The van der Waals surface area contributed by atoms with Gasteiger partial charge in [-0.1, -0.05) is 39.5 Å². The average molecular weight is 699 g/mol. The van der Waals surface area contributed by atoms with Crippen molar-refractivity contribution in [2.24, 2.45) is 11.8 Å². The molecule has 39 heavy (non-hydrogen) atoms. The summed E-state index contributed by atoms with van der Waals surface area (Å²) in [5, 5.41) is 0.756. The Hall–Kier alpha value is -1.13. The Morgan fingerprint density at radius 3 is 2.38 bits per heavy atom. The monoisotopic (exact) mass is 696 g/mol. The number of pyridine rings is 1. The van der Waals surface area contributed by atoms with Gasteiger partial charge in [-0.15, -0.1) is 0 Å². The first-order valence-electron chi connectivity index (χ1n) is 13.8. The number of aryl methyl sites for hydroxylation is 2. The van der Waals surface area contributed by atoms with Crippen LogP contribution < -0.4 is 4.72 Å². The molecule has 1 unspecified atom stereocenters. The van der Waals surface area contributed by atoms with E-state index in [0.717, 1.165) is 78.7 Å². The van der Waals surface area contributed by atoms with E-state index in [0.29, 0.717) is 24.8 Å². The number of nitrogens with zero attached hydrogens (tertiary/aromatic N) is 3. The Kier molecular flexibility index (Phi) is 9.97. The fourth-order valence-corrected chi connectivity index (χ4v) is 8.29. The van der Waals surface area contributed by atoms with Gasteiger partial charge in [-0.25, -0.2) is 0 Å². The third-order valence-corrected chi connectivity index (χ3v) is 10.3. The summed E-state index contributed by atoms with van der Waals surface area (Å²) in [5.74, 6) is 1.35. The molecule has 1 aromatic carbocycles. The third-order valence-electron chi connectivity index (χ3n) is 8.58. The molecule has 3 aliphatic rings. The van der Waals surface area contributed by atoms with Crippen molar-refractivity contribution in [1.29, 1.82) is 0 Å². The van der Waals surface area contributed by atoms with Crippen LogP contribution in [0.15, 0.2) is 33.3 Å². The lowest BCUT2D eigenvalue weighted by molar-refractivity contribution is -0.134. The van der Waals surface area contributed by atoms with Crippen molar-refractivity contribution >= 4 is 67.2 Å². The second-order valence-corrected chi connectivity index (χ2v) is 13.8. The van der Waals surface area contributed by atoms with Crippen molar-refractivity contribution < 1.29 is 9.59 Å². The van der Waals surface area contributed by atoms with Gasteiger partial charge in [0, 0.05) is 58.7 Å². The van der Waals surface area contributed by atoms with Crippen molar-refractivity contribution in [1.82, 2.24) is 19.5 Å². The van der Waals surface area contributed by atoms with Gasteiger partial charge in [0.25, 0.3) is 0 Å². The first-order chi connectivity index (χ1) is 18.8. The predicted octanol–water partition coefficient (Wildman–Crippen LogP) is 6.23. The van der Waals surface area contributed by atoms with Crippen LogP contribution >= 0.6 is 55.4 Å². The third kappa shape index (κ3) is 6.85. The van der Waals surface area contributed by atoms with E-state index < -0.39 is 0 Å². The fraction of sp³-hybridized carbons (Fsp3) is 0.552. The molecule has 210 valence electrons. The molecule has 1 aliphatic carbocycles. The topological polar surface area (TPSA) is 65.5 Å². The smallest absolute Gasteiger partial charge is 0.237 e. The number of likely N-dealkylation sites (tertiary alicyclic amines) is 2. The minimum Gasteiger partial charge on any atom is -0.343 e. The van der Waals surface area contributed by atoms with E-state index in [-0.39, 0.29) is 17.7 Å². The molecule has 0 bridgehead atoms. The summed E-state index contributed by atoms with van der Waals surface area (Å²) in [5.41, 5.74) is 5.06. The Morgan fingerprint density at radius 1 is 1.00 bits per heavy atom. The number of halogens is 3. The number of amides is 2. The molecule has 2 aromatic rings. The number of aromatic nitrogens is 1. The lowest BCUT2D eigenvalue weighted by atomic mass is 9.76.